The zero-order chi connectivity index (χ0) is 14.4. The highest BCUT2D eigenvalue weighted by atomic mass is 35.5. The molecule has 20 heavy (non-hydrogen) atoms. The molecule has 4 heteroatoms. The summed E-state index contributed by atoms with van der Waals surface area (Å²) < 4.78 is 0. The molecule has 0 atom stereocenters. The number of anilines is 1. The molecule has 0 bridgehead atoms. The highest BCUT2D eigenvalue weighted by Gasteiger charge is 2.05. The smallest absolute Gasteiger partial charge is 0.319 e. The van der Waals surface area contributed by atoms with Crippen LogP contribution in [0.5, 0.6) is 0 Å². The number of rotatable bonds is 4. The van der Waals surface area contributed by atoms with Gasteiger partial charge in [-0.3, -0.25) is 0 Å². The molecule has 104 valence electrons. The Morgan fingerprint density at radius 2 is 1.85 bits per heavy atom. The number of urea groups is 1. The lowest BCUT2D eigenvalue weighted by Gasteiger charge is -2.10. The number of amides is 2. The number of carbonyl (C=O) groups excluding carboxylic acids is 1. The van der Waals surface area contributed by atoms with Gasteiger partial charge >= 0.3 is 6.03 Å². The summed E-state index contributed by atoms with van der Waals surface area (Å²) in [5, 5.41) is 6.28. The van der Waals surface area contributed by atoms with Gasteiger partial charge in [-0.2, -0.15) is 0 Å². The first-order chi connectivity index (χ1) is 9.66. The van der Waals surface area contributed by atoms with Gasteiger partial charge in [-0.15, -0.1) is 0 Å². The van der Waals surface area contributed by atoms with Crippen LogP contribution in [-0.2, 0) is 6.42 Å². The van der Waals surface area contributed by atoms with E-state index in [9.17, 15) is 4.79 Å². The quantitative estimate of drug-likeness (QED) is 0.877. The van der Waals surface area contributed by atoms with E-state index in [1.54, 1.807) is 6.07 Å². The van der Waals surface area contributed by atoms with Gasteiger partial charge in [-0.25, -0.2) is 4.79 Å². The van der Waals surface area contributed by atoms with Crippen molar-refractivity contribution in [1.29, 1.82) is 0 Å². The lowest BCUT2D eigenvalue weighted by atomic mass is 10.1. The van der Waals surface area contributed by atoms with Crippen LogP contribution in [-0.4, -0.2) is 12.6 Å². The molecule has 0 aliphatic heterocycles. The SMILES string of the molecule is Cc1c(Cl)cccc1NC(=O)NCCc1ccccc1. The molecule has 0 fully saturated rings. The second kappa shape index (κ2) is 6.96. The van der Waals surface area contributed by atoms with E-state index in [1.165, 1.54) is 5.56 Å². The third-order valence-corrected chi connectivity index (χ3v) is 3.47. The molecular formula is C16H17ClN2O. The number of hydrogen-bond acceptors (Lipinski definition) is 1. The van der Waals surface area contributed by atoms with Crippen molar-refractivity contribution in [2.24, 2.45) is 0 Å². The van der Waals surface area contributed by atoms with Gasteiger partial charge in [0.1, 0.15) is 0 Å². The number of benzene rings is 2. The van der Waals surface area contributed by atoms with Crippen molar-refractivity contribution in [2.45, 2.75) is 13.3 Å². The molecule has 0 aliphatic carbocycles. The Hall–Kier alpha value is -2.00. The Labute approximate surface area is 124 Å². The molecule has 0 spiro atoms. The first-order valence-electron chi connectivity index (χ1n) is 6.50. The van der Waals surface area contributed by atoms with Crippen molar-refractivity contribution in [2.75, 3.05) is 11.9 Å². The lowest BCUT2D eigenvalue weighted by Crippen LogP contribution is -2.30. The lowest BCUT2D eigenvalue weighted by molar-refractivity contribution is 0.252. The third kappa shape index (κ3) is 4.00. The maximum absolute atomic E-state index is 11.8. The van der Waals surface area contributed by atoms with Gasteiger partial charge in [0, 0.05) is 17.3 Å². The van der Waals surface area contributed by atoms with Gasteiger partial charge in [-0.05, 0) is 36.6 Å². The summed E-state index contributed by atoms with van der Waals surface area (Å²) in [6.07, 6.45) is 0.808. The van der Waals surface area contributed by atoms with Crippen LogP contribution < -0.4 is 10.6 Å². The Morgan fingerprint density at radius 1 is 1.10 bits per heavy atom. The molecule has 0 aromatic heterocycles. The zero-order valence-corrected chi connectivity index (χ0v) is 12.1. The Morgan fingerprint density at radius 3 is 2.60 bits per heavy atom. The second-order valence-electron chi connectivity index (χ2n) is 4.53. The summed E-state index contributed by atoms with van der Waals surface area (Å²) in [6, 6.07) is 15.3. The van der Waals surface area contributed by atoms with Crippen LogP contribution in [0.3, 0.4) is 0 Å². The van der Waals surface area contributed by atoms with E-state index in [-0.39, 0.29) is 6.03 Å². The number of hydrogen-bond donors (Lipinski definition) is 2. The monoisotopic (exact) mass is 288 g/mol. The van der Waals surface area contributed by atoms with Crippen molar-refractivity contribution in [3.05, 3.63) is 64.7 Å². The summed E-state index contributed by atoms with van der Waals surface area (Å²) in [5.74, 6) is 0. The molecule has 0 unspecified atom stereocenters. The van der Waals surface area contributed by atoms with E-state index < -0.39 is 0 Å². The standard InChI is InChI=1S/C16H17ClN2O/c1-12-14(17)8-5-9-15(12)19-16(20)18-11-10-13-6-3-2-4-7-13/h2-9H,10-11H2,1H3,(H2,18,19,20). The summed E-state index contributed by atoms with van der Waals surface area (Å²) in [5.41, 5.74) is 2.80. The molecule has 0 radical (unpaired) electrons. The van der Waals surface area contributed by atoms with Crippen LogP contribution in [0.15, 0.2) is 48.5 Å². The minimum Gasteiger partial charge on any atom is -0.338 e. The minimum absolute atomic E-state index is 0.216. The van der Waals surface area contributed by atoms with E-state index in [0.29, 0.717) is 11.6 Å². The molecule has 2 aromatic rings. The Bertz CT molecular complexity index is 584. The van der Waals surface area contributed by atoms with Crippen molar-refractivity contribution in [3.63, 3.8) is 0 Å². The predicted octanol–water partition coefficient (Wildman–Crippen LogP) is 4.01. The fourth-order valence-electron chi connectivity index (χ4n) is 1.87. The highest BCUT2D eigenvalue weighted by Crippen LogP contribution is 2.22. The van der Waals surface area contributed by atoms with E-state index in [4.69, 9.17) is 11.6 Å². The molecule has 0 heterocycles. The van der Waals surface area contributed by atoms with Crippen LogP contribution >= 0.6 is 11.6 Å². The average molecular weight is 289 g/mol. The molecule has 2 aromatic carbocycles. The molecule has 0 saturated carbocycles. The predicted molar refractivity (Wildman–Crippen MR) is 83.4 cm³/mol. The third-order valence-electron chi connectivity index (χ3n) is 3.06. The summed E-state index contributed by atoms with van der Waals surface area (Å²) in [6.45, 7) is 2.47. The van der Waals surface area contributed by atoms with Crippen LogP contribution in [0, 0.1) is 6.92 Å². The Balaban J connectivity index is 1.82. The zero-order valence-electron chi connectivity index (χ0n) is 11.3. The van der Waals surface area contributed by atoms with Gasteiger partial charge in [0.05, 0.1) is 0 Å². The van der Waals surface area contributed by atoms with E-state index in [0.717, 1.165) is 17.7 Å². The largest absolute Gasteiger partial charge is 0.338 e. The Kier molecular flexibility index (Phi) is 5.02. The van der Waals surface area contributed by atoms with Gasteiger partial charge in [0.15, 0.2) is 0 Å². The van der Waals surface area contributed by atoms with Crippen LogP contribution in [0.1, 0.15) is 11.1 Å². The van der Waals surface area contributed by atoms with Gasteiger partial charge in [-0.1, -0.05) is 48.0 Å². The minimum atomic E-state index is -0.216. The topological polar surface area (TPSA) is 41.1 Å². The van der Waals surface area contributed by atoms with Gasteiger partial charge in [0.2, 0.25) is 0 Å². The normalized spacial score (nSPS) is 10.1. The molecule has 2 rings (SSSR count). The fraction of sp³-hybridized carbons (Fsp3) is 0.188. The van der Waals surface area contributed by atoms with E-state index in [2.05, 4.69) is 10.6 Å². The van der Waals surface area contributed by atoms with Crippen molar-refractivity contribution < 1.29 is 4.79 Å². The molecule has 0 saturated heterocycles. The molecular weight excluding hydrogens is 272 g/mol. The van der Waals surface area contributed by atoms with Crippen molar-refractivity contribution in [3.8, 4) is 0 Å². The maximum Gasteiger partial charge on any atom is 0.319 e. The van der Waals surface area contributed by atoms with Gasteiger partial charge < -0.3 is 10.6 Å². The maximum atomic E-state index is 11.8. The van der Waals surface area contributed by atoms with Crippen molar-refractivity contribution >= 4 is 23.3 Å². The summed E-state index contributed by atoms with van der Waals surface area (Å²) in [4.78, 5) is 11.8. The molecule has 0 aliphatic rings. The molecule has 2 amide bonds. The highest BCUT2D eigenvalue weighted by molar-refractivity contribution is 6.31. The number of nitrogens with one attached hydrogen (secondary N) is 2. The van der Waals surface area contributed by atoms with Crippen LogP contribution in [0.4, 0.5) is 10.5 Å². The summed E-state index contributed by atoms with van der Waals surface area (Å²) >= 11 is 6.01. The first-order valence-corrected chi connectivity index (χ1v) is 6.88. The average Bonchev–Trinajstić information content (AvgIpc) is 2.45. The first kappa shape index (κ1) is 14.4. The van der Waals surface area contributed by atoms with Crippen molar-refractivity contribution in [1.82, 2.24) is 5.32 Å². The van der Waals surface area contributed by atoms with E-state index in [1.807, 2.05) is 49.4 Å². The van der Waals surface area contributed by atoms with Gasteiger partial charge in [0.25, 0.3) is 0 Å². The second-order valence-corrected chi connectivity index (χ2v) is 4.94. The number of carbonyl (C=O) groups is 1. The molecule has 3 nitrogen and oxygen atoms in total. The fourth-order valence-corrected chi connectivity index (χ4v) is 2.05. The van der Waals surface area contributed by atoms with Crippen LogP contribution in [0.25, 0.3) is 0 Å². The molecule has 2 N–H and O–H groups in total. The van der Waals surface area contributed by atoms with Crippen LogP contribution in [0.2, 0.25) is 5.02 Å². The van der Waals surface area contributed by atoms with E-state index >= 15 is 0 Å². The number of halogens is 1. The summed E-state index contributed by atoms with van der Waals surface area (Å²) in [7, 11) is 0.